The van der Waals surface area contributed by atoms with Crippen molar-refractivity contribution < 1.29 is 0 Å². The summed E-state index contributed by atoms with van der Waals surface area (Å²) in [4.78, 5) is 8.66. The van der Waals surface area contributed by atoms with Crippen molar-refractivity contribution in [3.63, 3.8) is 0 Å². The first kappa shape index (κ1) is 15.1. The van der Waals surface area contributed by atoms with Gasteiger partial charge in [-0.15, -0.1) is 0 Å². The van der Waals surface area contributed by atoms with Gasteiger partial charge >= 0.3 is 0 Å². The number of aryl methyl sites for hydroxylation is 1. The largest absolute Gasteiger partial charge is 0.310 e. The minimum atomic E-state index is 0.284. The maximum Gasteiger partial charge on any atom is 0.0423 e. The highest BCUT2D eigenvalue weighted by Gasteiger charge is 2.14. The van der Waals surface area contributed by atoms with Gasteiger partial charge in [0.2, 0.25) is 0 Å². The Morgan fingerprint density at radius 1 is 1.25 bits per heavy atom. The Kier molecular flexibility index (Phi) is 5.68. The summed E-state index contributed by atoms with van der Waals surface area (Å²) in [6, 6.07) is 6.49. The van der Waals surface area contributed by atoms with Crippen LogP contribution < -0.4 is 5.32 Å². The first-order chi connectivity index (χ1) is 9.70. The monoisotopic (exact) mass is 333 g/mol. The van der Waals surface area contributed by atoms with Crippen molar-refractivity contribution in [1.82, 2.24) is 15.3 Å². The summed E-state index contributed by atoms with van der Waals surface area (Å²) in [6.45, 7) is 5.29. The molecule has 0 saturated heterocycles. The minimum absolute atomic E-state index is 0.284. The average molecular weight is 334 g/mol. The Hall–Kier alpha value is -1.26. The molecule has 0 aromatic carbocycles. The maximum absolute atomic E-state index is 4.48. The molecule has 2 heterocycles. The van der Waals surface area contributed by atoms with Crippen LogP contribution in [0.4, 0.5) is 0 Å². The fourth-order valence-corrected chi connectivity index (χ4v) is 2.46. The van der Waals surface area contributed by atoms with Crippen LogP contribution in [-0.4, -0.2) is 16.5 Å². The molecule has 0 fully saturated rings. The molecule has 0 aliphatic heterocycles. The van der Waals surface area contributed by atoms with Gasteiger partial charge in [-0.05, 0) is 65.1 Å². The molecule has 3 nitrogen and oxygen atoms in total. The van der Waals surface area contributed by atoms with Crippen molar-refractivity contribution in [2.24, 2.45) is 0 Å². The van der Waals surface area contributed by atoms with Crippen LogP contribution in [-0.2, 0) is 6.42 Å². The zero-order valence-corrected chi connectivity index (χ0v) is 13.5. The zero-order chi connectivity index (χ0) is 14.4. The number of aromatic nitrogens is 2. The number of hydrogen-bond acceptors (Lipinski definition) is 3. The van der Waals surface area contributed by atoms with Gasteiger partial charge in [0.05, 0.1) is 0 Å². The number of nitrogens with zero attached hydrogens (tertiary/aromatic N) is 2. The Bertz CT molecular complexity index is 540. The molecule has 106 valence electrons. The number of pyridine rings is 2. The van der Waals surface area contributed by atoms with Gasteiger partial charge in [-0.3, -0.25) is 9.97 Å². The van der Waals surface area contributed by atoms with E-state index in [0.29, 0.717) is 0 Å². The van der Waals surface area contributed by atoms with E-state index in [9.17, 15) is 0 Å². The summed E-state index contributed by atoms with van der Waals surface area (Å²) in [7, 11) is 0. The average Bonchev–Trinajstić information content (AvgIpc) is 2.46. The second-order valence-electron chi connectivity index (χ2n) is 4.91. The molecule has 0 aliphatic rings. The molecule has 20 heavy (non-hydrogen) atoms. The van der Waals surface area contributed by atoms with Gasteiger partial charge in [0, 0.05) is 41.2 Å². The summed E-state index contributed by atoms with van der Waals surface area (Å²) in [6.07, 6.45) is 7.64. The summed E-state index contributed by atoms with van der Waals surface area (Å²) in [5, 5.41) is 3.61. The van der Waals surface area contributed by atoms with Crippen LogP contribution in [0.5, 0.6) is 0 Å². The molecule has 2 aromatic rings. The van der Waals surface area contributed by atoms with E-state index in [-0.39, 0.29) is 6.04 Å². The predicted molar refractivity (Wildman–Crippen MR) is 85.6 cm³/mol. The van der Waals surface area contributed by atoms with Gasteiger partial charge < -0.3 is 5.32 Å². The van der Waals surface area contributed by atoms with Gasteiger partial charge in [0.25, 0.3) is 0 Å². The molecule has 0 spiro atoms. The molecule has 0 radical (unpaired) electrons. The second kappa shape index (κ2) is 7.50. The Morgan fingerprint density at radius 2 is 2.10 bits per heavy atom. The summed E-state index contributed by atoms with van der Waals surface area (Å²) < 4.78 is 1.01. The van der Waals surface area contributed by atoms with Crippen LogP contribution in [0.15, 0.2) is 41.3 Å². The smallest absolute Gasteiger partial charge is 0.0423 e. The fourth-order valence-electron chi connectivity index (χ4n) is 2.22. The third-order valence-corrected chi connectivity index (χ3v) is 3.75. The number of rotatable bonds is 6. The van der Waals surface area contributed by atoms with Crippen molar-refractivity contribution in [2.45, 2.75) is 32.7 Å². The third kappa shape index (κ3) is 4.12. The lowest BCUT2D eigenvalue weighted by atomic mass is 9.99. The van der Waals surface area contributed by atoms with Crippen molar-refractivity contribution in [1.29, 1.82) is 0 Å². The van der Waals surface area contributed by atoms with Crippen LogP contribution >= 0.6 is 15.9 Å². The second-order valence-corrected chi connectivity index (χ2v) is 5.83. The third-order valence-electron chi connectivity index (χ3n) is 3.28. The highest BCUT2D eigenvalue weighted by Crippen LogP contribution is 2.21. The summed E-state index contributed by atoms with van der Waals surface area (Å²) in [5.41, 5.74) is 3.62. The van der Waals surface area contributed by atoms with Crippen LogP contribution in [0.25, 0.3) is 0 Å². The normalized spacial score (nSPS) is 12.3. The summed E-state index contributed by atoms with van der Waals surface area (Å²) >= 11 is 3.42. The Balaban J connectivity index is 2.19. The molecule has 0 aliphatic carbocycles. The van der Waals surface area contributed by atoms with Crippen molar-refractivity contribution >= 4 is 15.9 Å². The lowest BCUT2D eigenvalue weighted by molar-refractivity contribution is 0.522. The van der Waals surface area contributed by atoms with E-state index >= 15 is 0 Å². The molecular formula is C16H20BrN3. The molecule has 0 saturated carbocycles. The quantitative estimate of drug-likeness (QED) is 0.872. The predicted octanol–water partition coefficient (Wildman–Crippen LogP) is 3.83. The highest BCUT2D eigenvalue weighted by atomic mass is 79.9. The van der Waals surface area contributed by atoms with Crippen LogP contribution in [0.1, 0.15) is 36.2 Å². The van der Waals surface area contributed by atoms with E-state index in [2.05, 4.69) is 57.2 Å². The molecule has 0 amide bonds. The standard InChI is InChI=1S/C16H20BrN3/c1-3-7-19-16(15-6-8-18-10-12(15)2)9-14-5-4-13(17)11-20-14/h4-6,8,10-11,16,19H,3,7,9H2,1-2H3. The highest BCUT2D eigenvalue weighted by molar-refractivity contribution is 9.10. The van der Waals surface area contributed by atoms with Crippen molar-refractivity contribution in [3.8, 4) is 0 Å². The van der Waals surface area contributed by atoms with Gasteiger partial charge in [-0.25, -0.2) is 0 Å². The van der Waals surface area contributed by atoms with Crippen molar-refractivity contribution in [3.05, 3.63) is 58.1 Å². The van der Waals surface area contributed by atoms with E-state index < -0.39 is 0 Å². The first-order valence-corrected chi connectivity index (χ1v) is 7.74. The molecule has 4 heteroatoms. The molecule has 2 aromatic heterocycles. The molecule has 1 N–H and O–H groups in total. The fraction of sp³-hybridized carbons (Fsp3) is 0.375. The minimum Gasteiger partial charge on any atom is -0.310 e. The zero-order valence-electron chi connectivity index (χ0n) is 11.9. The van der Waals surface area contributed by atoms with Crippen LogP contribution in [0.2, 0.25) is 0 Å². The molecule has 2 rings (SSSR count). The SMILES string of the molecule is CCCNC(Cc1ccc(Br)cn1)c1ccncc1C. The maximum atomic E-state index is 4.48. The van der Waals surface area contributed by atoms with Crippen LogP contribution in [0, 0.1) is 6.92 Å². The van der Waals surface area contributed by atoms with E-state index in [0.717, 1.165) is 29.6 Å². The van der Waals surface area contributed by atoms with E-state index in [1.54, 1.807) is 0 Å². The number of hydrogen-bond donors (Lipinski definition) is 1. The molecular weight excluding hydrogens is 314 g/mol. The van der Waals surface area contributed by atoms with Crippen LogP contribution in [0.3, 0.4) is 0 Å². The Morgan fingerprint density at radius 3 is 2.75 bits per heavy atom. The number of nitrogens with one attached hydrogen (secondary N) is 1. The van der Waals surface area contributed by atoms with E-state index in [1.807, 2.05) is 24.7 Å². The first-order valence-electron chi connectivity index (χ1n) is 6.95. The topological polar surface area (TPSA) is 37.8 Å². The molecule has 1 atom stereocenters. The summed E-state index contributed by atoms with van der Waals surface area (Å²) in [5.74, 6) is 0. The number of halogens is 1. The molecule has 1 unspecified atom stereocenters. The van der Waals surface area contributed by atoms with E-state index in [4.69, 9.17) is 0 Å². The molecule has 0 bridgehead atoms. The Labute approximate surface area is 129 Å². The van der Waals surface area contributed by atoms with Gasteiger partial charge in [0.15, 0.2) is 0 Å². The van der Waals surface area contributed by atoms with Gasteiger partial charge in [0.1, 0.15) is 0 Å². The van der Waals surface area contributed by atoms with Crippen molar-refractivity contribution in [2.75, 3.05) is 6.54 Å². The lowest BCUT2D eigenvalue weighted by Crippen LogP contribution is -2.25. The lowest BCUT2D eigenvalue weighted by Gasteiger charge is -2.20. The van der Waals surface area contributed by atoms with Gasteiger partial charge in [-0.1, -0.05) is 6.92 Å². The van der Waals surface area contributed by atoms with Gasteiger partial charge in [-0.2, -0.15) is 0 Å². The van der Waals surface area contributed by atoms with E-state index in [1.165, 1.54) is 11.1 Å².